The quantitative estimate of drug-likeness (QED) is 0.641. The van der Waals surface area contributed by atoms with Gasteiger partial charge in [-0.2, -0.15) is 0 Å². The molecule has 0 heterocycles. The van der Waals surface area contributed by atoms with E-state index in [4.69, 9.17) is 23.7 Å². The average Bonchev–Trinajstić information content (AvgIpc) is 2.65. The highest BCUT2D eigenvalue weighted by Crippen LogP contribution is 2.38. The summed E-state index contributed by atoms with van der Waals surface area (Å²) in [5, 5.41) is 0. The maximum Gasteiger partial charge on any atom is 0.203 e. The molecule has 0 spiro atoms. The number of ether oxygens (including phenoxy) is 5. The molecule has 0 aliphatic rings. The zero-order chi connectivity index (χ0) is 19.1. The molecule has 0 unspecified atom stereocenters. The normalized spacial score (nSPS) is 10.9. The largest absolute Gasteiger partial charge is 0.493 e. The predicted molar refractivity (Wildman–Crippen MR) is 104 cm³/mol. The number of methoxy groups -OCH3 is 4. The molecule has 0 aliphatic carbocycles. The first-order valence-electron chi connectivity index (χ1n) is 8.35. The van der Waals surface area contributed by atoms with Crippen LogP contribution in [0.1, 0.15) is 25.0 Å². The van der Waals surface area contributed by atoms with E-state index in [0.29, 0.717) is 23.0 Å². The summed E-state index contributed by atoms with van der Waals surface area (Å²) in [7, 11) is 6.42. The SMILES string of the molecule is COc1ccc(/C=C/c2cc(OC)c(OC)c(OC)c2)cc1OC(C)C. The second-order valence-corrected chi connectivity index (χ2v) is 5.87. The standard InChI is InChI=1S/C21H26O5/c1-14(2)26-18-11-15(9-10-17(18)22-3)7-8-16-12-19(23-4)21(25-6)20(13-16)24-5/h7-14H,1-6H3/b8-7+. The molecule has 0 saturated carbocycles. The molecule has 2 rings (SSSR count). The lowest BCUT2D eigenvalue weighted by atomic mass is 10.1. The minimum atomic E-state index is 0.0678. The van der Waals surface area contributed by atoms with Gasteiger partial charge in [0, 0.05) is 0 Å². The van der Waals surface area contributed by atoms with Crippen molar-refractivity contribution in [2.24, 2.45) is 0 Å². The van der Waals surface area contributed by atoms with E-state index in [1.54, 1.807) is 28.4 Å². The van der Waals surface area contributed by atoms with Crippen LogP contribution in [0.3, 0.4) is 0 Å². The maximum absolute atomic E-state index is 5.82. The fourth-order valence-corrected chi connectivity index (χ4v) is 2.53. The third-order valence-electron chi connectivity index (χ3n) is 3.71. The highest BCUT2D eigenvalue weighted by atomic mass is 16.5. The van der Waals surface area contributed by atoms with Crippen molar-refractivity contribution in [3.05, 3.63) is 41.5 Å². The van der Waals surface area contributed by atoms with Crippen molar-refractivity contribution < 1.29 is 23.7 Å². The van der Waals surface area contributed by atoms with E-state index < -0.39 is 0 Å². The zero-order valence-corrected chi connectivity index (χ0v) is 16.2. The Hall–Kier alpha value is -2.82. The molecule has 140 valence electrons. The van der Waals surface area contributed by atoms with Crippen LogP contribution in [0, 0.1) is 0 Å². The van der Waals surface area contributed by atoms with Gasteiger partial charge in [0.2, 0.25) is 5.75 Å². The molecule has 26 heavy (non-hydrogen) atoms. The first-order valence-corrected chi connectivity index (χ1v) is 8.35. The van der Waals surface area contributed by atoms with Crippen molar-refractivity contribution in [1.29, 1.82) is 0 Å². The molecule has 2 aromatic rings. The molecule has 0 atom stereocenters. The Labute approximate surface area is 155 Å². The molecule has 0 aliphatic heterocycles. The van der Waals surface area contributed by atoms with Crippen LogP contribution >= 0.6 is 0 Å². The van der Waals surface area contributed by atoms with Crippen LogP contribution < -0.4 is 23.7 Å². The number of rotatable bonds is 8. The smallest absolute Gasteiger partial charge is 0.203 e. The lowest BCUT2D eigenvalue weighted by Gasteiger charge is -2.14. The number of benzene rings is 2. The van der Waals surface area contributed by atoms with Crippen LogP contribution in [0.2, 0.25) is 0 Å². The van der Waals surface area contributed by atoms with Crippen molar-refractivity contribution in [2.45, 2.75) is 20.0 Å². The molecule has 0 saturated heterocycles. The Kier molecular flexibility index (Phi) is 6.78. The Morgan fingerprint density at radius 1 is 0.654 bits per heavy atom. The number of hydrogen-bond acceptors (Lipinski definition) is 5. The summed E-state index contributed by atoms with van der Waals surface area (Å²) in [6.07, 6.45) is 4.04. The van der Waals surface area contributed by atoms with Gasteiger partial charge in [0.15, 0.2) is 23.0 Å². The lowest BCUT2D eigenvalue weighted by Crippen LogP contribution is -2.06. The van der Waals surface area contributed by atoms with Crippen molar-refractivity contribution in [3.8, 4) is 28.7 Å². The van der Waals surface area contributed by atoms with E-state index in [9.17, 15) is 0 Å². The first kappa shape index (κ1) is 19.5. The monoisotopic (exact) mass is 358 g/mol. The summed E-state index contributed by atoms with van der Waals surface area (Å²) >= 11 is 0. The van der Waals surface area contributed by atoms with Gasteiger partial charge in [-0.25, -0.2) is 0 Å². The molecular weight excluding hydrogens is 332 g/mol. The van der Waals surface area contributed by atoms with Crippen molar-refractivity contribution in [3.63, 3.8) is 0 Å². The third kappa shape index (κ3) is 4.63. The fraction of sp³-hybridized carbons (Fsp3) is 0.333. The van der Waals surface area contributed by atoms with Crippen LogP contribution in [0.4, 0.5) is 0 Å². The van der Waals surface area contributed by atoms with Crippen LogP contribution in [-0.4, -0.2) is 34.5 Å². The van der Waals surface area contributed by atoms with Crippen molar-refractivity contribution >= 4 is 12.2 Å². The highest BCUT2D eigenvalue weighted by molar-refractivity contribution is 5.73. The summed E-state index contributed by atoms with van der Waals surface area (Å²) in [5.41, 5.74) is 1.93. The topological polar surface area (TPSA) is 46.2 Å². The maximum atomic E-state index is 5.82. The van der Waals surface area contributed by atoms with Crippen LogP contribution in [0.5, 0.6) is 28.7 Å². The van der Waals surface area contributed by atoms with Gasteiger partial charge < -0.3 is 23.7 Å². The Morgan fingerprint density at radius 3 is 1.69 bits per heavy atom. The lowest BCUT2D eigenvalue weighted by molar-refractivity contribution is 0.230. The van der Waals surface area contributed by atoms with E-state index in [2.05, 4.69) is 0 Å². The summed E-state index contributed by atoms with van der Waals surface area (Å²) in [6.45, 7) is 3.97. The molecule has 5 heteroatoms. The minimum Gasteiger partial charge on any atom is -0.493 e. The predicted octanol–water partition coefficient (Wildman–Crippen LogP) is 4.68. The summed E-state index contributed by atoms with van der Waals surface area (Å²) in [6, 6.07) is 9.61. The van der Waals surface area contributed by atoms with Gasteiger partial charge in [-0.15, -0.1) is 0 Å². The van der Waals surface area contributed by atoms with Gasteiger partial charge in [-0.05, 0) is 49.2 Å². The highest BCUT2D eigenvalue weighted by Gasteiger charge is 2.12. The Balaban J connectivity index is 2.34. The number of hydrogen-bond donors (Lipinski definition) is 0. The van der Waals surface area contributed by atoms with Gasteiger partial charge in [0.1, 0.15) is 0 Å². The zero-order valence-electron chi connectivity index (χ0n) is 16.2. The van der Waals surface area contributed by atoms with Crippen LogP contribution in [0.25, 0.3) is 12.2 Å². The van der Waals surface area contributed by atoms with Gasteiger partial charge in [0.25, 0.3) is 0 Å². The molecule has 0 fully saturated rings. The second kappa shape index (κ2) is 9.04. The summed E-state index contributed by atoms with van der Waals surface area (Å²) < 4.78 is 27.3. The Morgan fingerprint density at radius 2 is 1.19 bits per heavy atom. The van der Waals surface area contributed by atoms with Gasteiger partial charge >= 0.3 is 0 Å². The average molecular weight is 358 g/mol. The fourth-order valence-electron chi connectivity index (χ4n) is 2.53. The molecule has 0 bridgehead atoms. The molecule has 0 N–H and O–H groups in total. The van der Waals surface area contributed by atoms with Crippen LogP contribution in [0.15, 0.2) is 30.3 Å². The van der Waals surface area contributed by atoms with E-state index in [0.717, 1.165) is 16.9 Å². The third-order valence-corrected chi connectivity index (χ3v) is 3.71. The van der Waals surface area contributed by atoms with E-state index >= 15 is 0 Å². The van der Waals surface area contributed by atoms with Crippen molar-refractivity contribution in [2.75, 3.05) is 28.4 Å². The molecule has 2 aromatic carbocycles. The molecular formula is C21H26O5. The van der Waals surface area contributed by atoms with E-state index in [-0.39, 0.29) is 6.10 Å². The van der Waals surface area contributed by atoms with Gasteiger partial charge in [-0.1, -0.05) is 18.2 Å². The van der Waals surface area contributed by atoms with Gasteiger partial charge in [-0.3, -0.25) is 0 Å². The summed E-state index contributed by atoms with van der Waals surface area (Å²) in [4.78, 5) is 0. The first-order chi connectivity index (χ1) is 12.5. The summed E-state index contributed by atoms with van der Waals surface area (Å²) in [5.74, 6) is 3.23. The molecule has 0 amide bonds. The minimum absolute atomic E-state index is 0.0678. The molecule has 5 nitrogen and oxygen atoms in total. The van der Waals surface area contributed by atoms with Gasteiger partial charge in [0.05, 0.1) is 34.5 Å². The van der Waals surface area contributed by atoms with E-state index in [1.807, 2.05) is 56.3 Å². The Bertz CT molecular complexity index is 740. The molecule has 0 aromatic heterocycles. The van der Waals surface area contributed by atoms with Crippen LogP contribution in [-0.2, 0) is 0 Å². The second-order valence-electron chi connectivity index (χ2n) is 5.87. The molecule has 0 radical (unpaired) electrons. The van der Waals surface area contributed by atoms with Crippen molar-refractivity contribution in [1.82, 2.24) is 0 Å². The van der Waals surface area contributed by atoms with E-state index in [1.165, 1.54) is 0 Å².